The Bertz CT molecular complexity index is 127. The van der Waals surface area contributed by atoms with Crippen molar-refractivity contribution in [3.8, 4) is 0 Å². The van der Waals surface area contributed by atoms with Crippen LogP contribution in [0.15, 0.2) is 11.5 Å². The lowest BCUT2D eigenvalue weighted by Gasteiger charge is -2.13. The highest BCUT2D eigenvalue weighted by molar-refractivity contribution is 8.03. The molecular formula is C6H9F3S. The standard InChI is InChI=1S/C6H9F3S/c1-4(2)10-5(3)6(7,8)9/h5H,1H2,2-3H3. The summed E-state index contributed by atoms with van der Waals surface area (Å²) in [5, 5.41) is -1.34. The van der Waals surface area contributed by atoms with Crippen molar-refractivity contribution in [2.45, 2.75) is 25.3 Å². The minimum atomic E-state index is -4.11. The van der Waals surface area contributed by atoms with E-state index in [4.69, 9.17) is 0 Å². The molecule has 10 heavy (non-hydrogen) atoms. The molecule has 0 bridgehead atoms. The number of alkyl halides is 3. The van der Waals surface area contributed by atoms with Crippen molar-refractivity contribution in [1.82, 2.24) is 0 Å². The molecule has 0 amide bonds. The number of allylic oxidation sites excluding steroid dienone is 1. The second-order valence-corrected chi connectivity index (χ2v) is 3.64. The first-order valence-corrected chi connectivity index (χ1v) is 3.61. The summed E-state index contributed by atoms with van der Waals surface area (Å²) in [5.41, 5.74) is 0. The lowest BCUT2D eigenvalue weighted by Crippen LogP contribution is -2.21. The van der Waals surface area contributed by atoms with E-state index >= 15 is 0 Å². The van der Waals surface area contributed by atoms with Crippen LogP contribution in [0.1, 0.15) is 13.8 Å². The number of thioether (sulfide) groups is 1. The SMILES string of the molecule is C=C(C)SC(C)C(F)(F)F. The second-order valence-electron chi connectivity index (χ2n) is 2.00. The van der Waals surface area contributed by atoms with Gasteiger partial charge in [-0.3, -0.25) is 0 Å². The Kier molecular flexibility index (Phi) is 3.28. The zero-order valence-electron chi connectivity index (χ0n) is 5.83. The summed E-state index contributed by atoms with van der Waals surface area (Å²) >= 11 is 0.742. The van der Waals surface area contributed by atoms with Gasteiger partial charge in [0.2, 0.25) is 0 Å². The lowest BCUT2D eigenvalue weighted by molar-refractivity contribution is -0.125. The second kappa shape index (κ2) is 3.32. The third-order valence-corrected chi connectivity index (χ3v) is 1.86. The molecule has 0 radical (unpaired) electrons. The molecule has 0 fully saturated rings. The van der Waals surface area contributed by atoms with Gasteiger partial charge in [-0.15, -0.1) is 11.8 Å². The van der Waals surface area contributed by atoms with E-state index in [1.54, 1.807) is 6.92 Å². The van der Waals surface area contributed by atoms with E-state index in [0.29, 0.717) is 4.91 Å². The van der Waals surface area contributed by atoms with Crippen molar-refractivity contribution in [1.29, 1.82) is 0 Å². The number of hydrogen-bond donors (Lipinski definition) is 0. The third-order valence-electron chi connectivity index (χ3n) is 0.839. The Morgan fingerprint density at radius 1 is 1.50 bits per heavy atom. The zero-order valence-corrected chi connectivity index (χ0v) is 6.64. The molecule has 1 atom stereocenters. The van der Waals surface area contributed by atoms with E-state index in [2.05, 4.69) is 6.58 Å². The van der Waals surface area contributed by atoms with Gasteiger partial charge in [-0.2, -0.15) is 13.2 Å². The molecular weight excluding hydrogens is 161 g/mol. The summed E-state index contributed by atoms with van der Waals surface area (Å²) in [5.74, 6) is 0. The summed E-state index contributed by atoms with van der Waals surface area (Å²) < 4.78 is 35.2. The molecule has 0 aliphatic heterocycles. The Morgan fingerprint density at radius 2 is 1.90 bits per heavy atom. The fourth-order valence-corrected chi connectivity index (χ4v) is 1.11. The van der Waals surface area contributed by atoms with Crippen molar-refractivity contribution < 1.29 is 13.2 Å². The summed E-state index contributed by atoms with van der Waals surface area (Å²) in [4.78, 5) is 0.491. The van der Waals surface area contributed by atoms with Crippen LogP contribution in [-0.2, 0) is 0 Å². The molecule has 0 aromatic carbocycles. The molecule has 0 spiro atoms. The molecule has 0 aliphatic carbocycles. The zero-order chi connectivity index (χ0) is 8.36. The first kappa shape index (κ1) is 9.88. The molecule has 0 saturated heterocycles. The Balaban J connectivity index is 3.85. The van der Waals surface area contributed by atoms with Crippen molar-refractivity contribution in [2.24, 2.45) is 0 Å². The normalized spacial score (nSPS) is 14.9. The first-order valence-electron chi connectivity index (χ1n) is 2.73. The van der Waals surface area contributed by atoms with Crippen molar-refractivity contribution in [3.05, 3.63) is 11.5 Å². The summed E-state index contributed by atoms with van der Waals surface area (Å²) in [6.07, 6.45) is -4.11. The molecule has 0 aromatic heterocycles. The smallest absolute Gasteiger partial charge is 0.170 e. The largest absolute Gasteiger partial charge is 0.400 e. The highest BCUT2D eigenvalue weighted by Gasteiger charge is 2.36. The predicted octanol–water partition coefficient (Wildman–Crippen LogP) is 3.20. The maximum Gasteiger partial charge on any atom is 0.400 e. The van der Waals surface area contributed by atoms with Gasteiger partial charge in [0.25, 0.3) is 0 Å². The maximum absolute atomic E-state index is 11.7. The third kappa shape index (κ3) is 3.82. The minimum absolute atomic E-state index is 0.491. The minimum Gasteiger partial charge on any atom is -0.170 e. The molecule has 0 saturated carbocycles. The van der Waals surface area contributed by atoms with Gasteiger partial charge in [0.05, 0.1) is 0 Å². The predicted molar refractivity (Wildman–Crippen MR) is 37.9 cm³/mol. The molecule has 0 aromatic rings. The van der Waals surface area contributed by atoms with Gasteiger partial charge in [-0.05, 0) is 18.8 Å². The highest BCUT2D eigenvalue weighted by atomic mass is 32.2. The van der Waals surface area contributed by atoms with E-state index in [1.165, 1.54) is 0 Å². The van der Waals surface area contributed by atoms with Crippen molar-refractivity contribution in [3.63, 3.8) is 0 Å². The summed E-state index contributed by atoms with van der Waals surface area (Å²) in [6.45, 7) is 6.06. The van der Waals surface area contributed by atoms with Crippen LogP contribution in [0.4, 0.5) is 13.2 Å². The fourth-order valence-electron chi connectivity index (χ4n) is 0.369. The number of halogens is 3. The molecule has 0 aliphatic rings. The van der Waals surface area contributed by atoms with E-state index in [9.17, 15) is 13.2 Å². The van der Waals surface area contributed by atoms with Crippen LogP contribution in [0.25, 0.3) is 0 Å². The van der Waals surface area contributed by atoms with Crippen LogP contribution in [-0.4, -0.2) is 11.4 Å². The van der Waals surface area contributed by atoms with E-state index in [-0.39, 0.29) is 0 Å². The van der Waals surface area contributed by atoms with Crippen LogP contribution in [0, 0.1) is 0 Å². The van der Waals surface area contributed by atoms with Gasteiger partial charge in [-0.25, -0.2) is 0 Å². The summed E-state index contributed by atoms with van der Waals surface area (Å²) in [6, 6.07) is 0. The molecule has 0 heterocycles. The van der Waals surface area contributed by atoms with Gasteiger partial charge in [-0.1, -0.05) is 6.58 Å². The molecule has 0 nitrogen and oxygen atoms in total. The Hall–Kier alpha value is -0.120. The quantitative estimate of drug-likeness (QED) is 0.613. The van der Waals surface area contributed by atoms with Crippen LogP contribution >= 0.6 is 11.8 Å². The summed E-state index contributed by atoms with van der Waals surface area (Å²) in [7, 11) is 0. The molecule has 0 N–H and O–H groups in total. The van der Waals surface area contributed by atoms with Crippen LogP contribution < -0.4 is 0 Å². The fraction of sp³-hybridized carbons (Fsp3) is 0.667. The lowest BCUT2D eigenvalue weighted by atomic mass is 10.5. The number of hydrogen-bond acceptors (Lipinski definition) is 1. The van der Waals surface area contributed by atoms with Gasteiger partial charge < -0.3 is 0 Å². The van der Waals surface area contributed by atoms with E-state index < -0.39 is 11.4 Å². The topological polar surface area (TPSA) is 0 Å². The molecule has 1 unspecified atom stereocenters. The Labute approximate surface area is 62.5 Å². The molecule has 0 rings (SSSR count). The Morgan fingerprint density at radius 3 is 2.00 bits per heavy atom. The first-order chi connectivity index (χ1) is 4.34. The average Bonchev–Trinajstić information content (AvgIpc) is 1.60. The van der Waals surface area contributed by atoms with Gasteiger partial charge in [0, 0.05) is 0 Å². The number of rotatable bonds is 2. The van der Waals surface area contributed by atoms with E-state index in [1.807, 2.05) is 0 Å². The molecule has 4 heteroatoms. The monoisotopic (exact) mass is 170 g/mol. The van der Waals surface area contributed by atoms with Crippen LogP contribution in [0.3, 0.4) is 0 Å². The van der Waals surface area contributed by atoms with Gasteiger partial charge in [0.1, 0.15) is 5.25 Å². The average molecular weight is 170 g/mol. The maximum atomic E-state index is 11.7. The van der Waals surface area contributed by atoms with Crippen LogP contribution in [0.2, 0.25) is 0 Å². The van der Waals surface area contributed by atoms with Crippen molar-refractivity contribution >= 4 is 11.8 Å². The van der Waals surface area contributed by atoms with Crippen molar-refractivity contribution in [2.75, 3.05) is 0 Å². The molecule has 60 valence electrons. The van der Waals surface area contributed by atoms with Crippen LogP contribution in [0.5, 0.6) is 0 Å². The van der Waals surface area contributed by atoms with Gasteiger partial charge in [0.15, 0.2) is 0 Å². The highest BCUT2D eigenvalue weighted by Crippen LogP contribution is 2.32. The van der Waals surface area contributed by atoms with Gasteiger partial charge >= 0.3 is 6.18 Å². The van der Waals surface area contributed by atoms with E-state index in [0.717, 1.165) is 18.7 Å².